The number of hydrogen-bond acceptors (Lipinski definition) is 13. The summed E-state index contributed by atoms with van der Waals surface area (Å²) < 4.78 is 5.68. The fraction of sp³-hybridized carbons (Fsp3) is 0.552. The molecule has 0 bridgehead atoms. The molecule has 1 saturated carbocycles. The van der Waals surface area contributed by atoms with Gasteiger partial charge >= 0.3 is 6.01 Å². The van der Waals surface area contributed by atoms with E-state index in [4.69, 9.17) is 37.5 Å². The van der Waals surface area contributed by atoms with Crippen molar-refractivity contribution >= 4 is 46.9 Å². The van der Waals surface area contributed by atoms with Gasteiger partial charge in [-0.05, 0) is 51.2 Å². The fourth-order valence-corrected chi connectivity index (χ4v) is 6.29. The first-order valence-corrected chi connectivity index (χ1v) is 15.8. The number of aromatic nitrogens is 5. The summed E-state index contributed by atoms with van der Waals surface area (Å²) in [6.45, 7) is 7.87. The Kier molecular flexibility index (Phi) is 8.90. The number of pyridine rings is 1. The Hall–Kier alpha value is -4.24. The van der Waals surface area contributed by atoms with Crippen molar-refractivity contribution in [3.63, 3.8) is 0 Å². The third-order valence-corrected chi connectivity index (χ3v) is 8.89. The summed E-state index contributed by atoms with van der Waals surface area (Å²) in [7, 11) is 0. The molecule has 3 aromatic rings. The number of nitrogens with one attached hydrogen (secondary N) is 2. The van der Waals surface area contributed by atoms with E-state index in [9.17, 15) is 9.59 Å². The molecule has 240 valence electrons. The average Bonchev–Trinajstić information content (AvgIpc) is 3.73. The van der Waals surface area contributed by atoms with Gasteiger partial charge in [0.2, 0.25) is 5.91 Å². The summed E-state index contributed by atoms with van der Waals surface area (Å²) in [6.07, 6.45) is 4.77. The zero-order chi connectivity index (χ0) is 31.7. The van der Waals surface area contributed by atoms with Crippen molar-refractivity contribution in [3.05, 3.63) is 28.5 Å². The Bertz CT molecular complexity index is 1560. The first-order chi connectivity index (χ1) is 21.7. The number of carbonyl (C=O) groups is 2. The van der Waals surface area contributed by atoms with Gasteiger partial charge in [0.1, 0.15) is 11.0 Å². The van der Waals surface area contributed by atoms with Crippen LogP contribution in [0.5, 0.6) is 0 Å². The molecular weight excluding hydrogens is 600 g/mol. The number of nitrogens with zero attached hydrogens (tertiary/aromatic N) is 8. The van der Waals surface area contributed by atoms with Gasteiger partial charge in [0, 0.05) is 50.8 Å². The lowest BCUT2D eigenvalue weighted by Crippen LogP contribution is -2.59. The highest BCUT2D eigenvalue weighted by Gasteiger charge is 2.35. The topological polar surface area (TPSA) is 198 Å². The van der Waals surface area contributed by atoms with Crippen molar-refractivity contribution in [3.8, 4) is 11.6 Å². The van der Waals surface area contributed by atoms with Gasteiger partial charge in [0.15, 0.2) is 17.3 Å². The van der Waals surface area contributed by atoms with E-state index in [1.807, 2.05) is 11.8 Å². The molecule has 0 spiro atoms. The van der Waals surface area contributed by atoms with Crippen LogP contribution in [0, 0.1) is 6.92 Å². The molecule has 3 aromatic heterocycles. The Morgan fingerprint density at radius 3 is 2.51 bits per heavy atom. The van der Waals surface area contributed by atoms with Crippen LogP contribution in [0.4, 0.5) is 23.5 Å². The van der Waals surface area contributed by atoms with E-state index in [-0.39, 0.29) is 53.1 Å². The number of hydrogen-bond donors (Lipinski definition) is 4. The smallest absolute Gasteiger partial charge is 0.316 e. The molecule has 2 aliphatic heterocycles. The number of carbonyl (C=O) groups excluding carboxylic acids is 2. The van der Waals surface area contributed by atoms with Crippen LogP contribution in [-0.2, 0) is 4.79 Å². The molecule has 2 amide bonds. The quantitative estimate of drug-likeness (QED) is 0.248. The summed E-state index contributed by atoms with van der Waals surface area (Å²) in [4.78, 5) is 45.1. The van der Waals surface area contributed by atoms with Gasteiger partial charge in [-0.3, -0.25) is 14.5 Å². The van der Waals surface area contributed by atoms with Crippen LogP contribution < -0.4 is 27.0 Å². The average molecular weight is 639 g/mol. The number of amides is 2. The van der Waals surface area contributed by atoms with Gasteiger partial charge in [-0.25, -0.2) is 15.0 Å². The summed E-state index contributed by atoms with van der Waals surface area (Å²) in [5, 5.41) is 14.0. The molecule has 1 atom stereocenters. The zero-order valence-corrected chi connectivity index (χ0v) is 26.3. The molecule has 3 aliphatic rings. The van der Waals surface area contributed by atoms with Crippen LogP contribution in [0.2, 0.25) is 5.15 Å². The standard InChI is InChI=1S/C29H39ClN12O3/c1-3-18-15-41(12-13-42(18)19-8-10-40(11-9-19)28(44)20-6-7-21(30)36-24(20)31)26-16(2)34-23(25(32)37-26)27-38-39-29(45-27)33-14-22(43)35-17-4-5-17/h6-7,17-19H,3-5,8-15H2,1-2H3,(H2,31,36)(H2,32,37)(H,33,39)(H,35,43)/t18-/m0/s1. The van der Waals surface area contributed by atoms with E-state index >= 15 is 0 Å². The van der Waals surface area contributed by atoms with Crippen molar-refractivity contribution in [2.75, 3.05) is 61.0 Å². The van der Waals surface area contributed by atoms with Crippen LogP contribution in [0.1, 0.15) is 55.1 Å². The number of piperazine rings is 1. The maximum absolute atomic E-state index is 13.1. The van der Waals surface area contributed by atoms with Crippen LogP contribution in [0.3, 0.4) is 0 Å². The molecule has 0 aromatic carbocycles. The van der Waals surface area contributed by atoms with E-state index in [1.54, 1.807) is 12.1 Å². The third-order valence-electron chi connectivity index (χ3n) is 8.68. The molecule has 6 N–H and O–H groups in total. The second-order valence-corrected chi connectivity index (χ2v) is 12.2. The monoisotopic (exact) mass is 638 g/mol. The Morgan fingerprint density at radius 1 is 1.02 bits per heavy atom. The van der Waals surface area contributed by atoms with Crippen molar-refractivity contribution < 1.29 is 14.0 Å². The molecule has 45 heavy (non-hydrogen) atoms. The number of anilines is 4. The number of piperidine rings is 1. The van der Waals surface area contributed by atoms with Crippen molar-refractivity contribution in [2.45, 2.75) is 64.1 Å². The molecule has 15 nitrogen and oxygen atoms in total. The second kappa shape index (κ2) is 13.0. The lowest BCUT2D eigenvalue weighted by atomic mass is 9.97. The van der Waals surface area contributed by atoms with E-state index < -0.39 is 0 Å². The predicted molar refractivity (Wildman–Crippen MR) is 170 cm³/mol. The van der Waals surface area contributed by atoms with Crippen molar-refractivity contribution in [2.24, 2.45) is 0 Å². The molecule has 0 radical (unpaired) electrons. The van der Waals surface area contributed by atoms with Crippen LogP contribution in [-0.4, -0.2) is 104 Å². The number of rotatable bonds is 9. The molecule has 6 rings (SSSR count). The SMILES string of the molecule is CC[C@H]1CN(c2nc(N)c(-c3nnc(NCC(=O)NC4CC4)o3)nc2C)CCN1C1CCN(C(=O)c2ccc(Cl)nc2N)CC1. The number of halogens is 1. The number of aryl methyl sites for hydroxylation is 1. The second-order valence-electron chi connectivity index (χ2n) is 11.8. The molecular formula is C29H39ClN12O3. The highest BCUT2D eigenvalue weighted by Crippen LogP contribution is 2.31. The van der Waals surface area contributed by atoms with Gasteiger partial charge in [0.05, 0.1) is 17.8 Å². The summed E-state index contributed by atoms with van der Waals surface area (Å²) in [6, 6.07) is 4.31. The van der Waals surface area contributed by atoms with Gasteiger partial charge in [-0.15, -0.1) is 5.10 Å². The molecule has 1 aliphatic carbocycles. The Labute approximate surface area is 266 Å². The molecule has 16 heteroatoms. The van der Waals surface area contributed by atoms with Crippen molar-refractivity contribution in [1.29, 1.82) is 0 Å². The van der Waals surface area contributed by atoms with Gasteiger partial charge in [-0.2, -0.15) is 0 Å². The number of nitrogen functional groups attached to an aromatic ring is 2. The van der Waals surface area contributed by atoms with Gasteiger partial charge in [-0.1, -0.05) is 23.6 Å². The van der Waals surface area contributed by atoms with Gasteiger partial charge in [0.25, 0.3) is 11.8 Å². The van der Waals surface area contributed by atoms with Gasteiger partial charge < -0.3 is 36.3 Å². The van der Waals surface area contributed by atoms with Crippen LogP contribution in [0.15, 0.2) is 16.5 Å². The summed E-state index contributed by atoms with van der Waals surface area (Å²) >= 11 is 5.91. The first kappa shape index (κ1) is 30.8. The first-order valence-electron chi connectivity index (χ1n) is 15.4. The molecule has 3 fully saturated rings. The lowest BCUT2D eigenvalue weighted by Gasteiger charge is -2.47. The van der Waals surface area contributed by atoms with E-state index in [0.717, 1.165) is 57.6 Å². The normalized spacial score (nSPS) is 19.5. The maximum Gasteiger partial charge on any atom is 0.316 e. The van der Waals surface area contributed by atoms with Crippen LogP contribution in [0.25, 0.3) is 11.6 Å². The maximum atomic E-state index is 13.1. The van der Waals surface area contributed by atoms with E-state index in [0.29, 0.717) is 42.1 Å². The largest absolute Gasteiger partial charge is 0.402 e. The number of nitrogens with two attached hydrogens (primary N) is 2. The molecule has 2 saturated heterocycles. The predicted octanol–water partition coefficient (Wildman–Crippen LogP) is 1.94. The Balaban J connectivity index is 1.06. The lowest BCUT2D eigenvalue weighted by molar-refractivity contribution is -0.119. The van der Waals surface area contributed by atoms with Crippen LogP contribution >= 0.6 is 11.6 Å². The highest BCUT2D eigenvalue weighted by molar-refractivity contribution is 6.29. The fourth-order valence-electron chi connectivity index (χ4n) is 6.14. The minimum atomic E-state index is -0.125. The van der Waals surface area contributed by atoms with E-state index in [1.165, 1.54) is 0 Å². The summed E-state index contributed by atoms with van der Waals surface area (Å²) in [5.74, 6) is 0.995. The minimum absolute atomic E-state index is 0.0370. The zero-order valence-electron chi connectivity index (χ0n) is 25.5. The Morgan fingerprint density at radius 2 is 1.80 bits per heavy atom. The molecule has 0 unspecified atom stereocenters. The third kappa shape index (κ3) is 6.88. The summed E-state index contributed by atoms with van der Waals surface area (Å²) in [5.41, 5.74) is 13.7. The number of likely N-dealkylation sites (tertiary alicyclic amines) is 1. The van der Waals surface area contributed by atoms with Crippen molar-refractivity contribution in [1.82, 2.24) is 40.3 Å². The highest BCUT2D eigenvalue weighted by atomic mass is 35.5. The molecule has 5 heterocycles. The minimum Gasteiger partial charge on any atom is -0.402 e. The van der Waals surface area contributed by atoms with E-state index in [2.05, 4.69) is 42.5 Å².